The van der Waals surface area contributed by atoms with Gasteiger partial charge in [-0.3, -0.25) is 14.4 Å². The Morgan fingerprint density at radius 1 is 0.828 bits per heavy atom. The fourth-order valence-corrected chi connectivity index (χ4v) is 3.78. The number of amides is 1. The number of carbonyl (C=O) groups excluding carboxylic acids is 2. The Balaban J connectivity index is 1.69. The average Bonchev–Trinajstić information content (AvgIpc) is 3.04. The predicted molar refractivity (Wildman–Crippen MR) is 109 cm³/mol. The van der Waals surface area contributed by atoms with Gasteiger partial charge in [0, 0.05) is 28.7 Å². The summed E-state index contributed by atoms with van der Waals surface area (Å²) in [6.07, 6.45) is 0.212. The molecule has 4 rings (SSSR count). The summed E-state index contributed by atoms with van der Waals surface area (Å²) < 4.78 is 0. The Morgan fingerprint density at radius 3 is 2.21 bits per heavy atom. The lowest BCUT2D eigenvalue weighted by atomic mass is 9.97. The predicted octanol–water partition coefficient (Wildman–Crippen LogP) is 4.23. The van der Waals surface area contributed by atoms with E-state index in [2.05, 4.69) is 5.32 Å². The molecule has 0 aromatic heterocycles. The topological polar surface area (TPSA) is 83.5 Å². The Kier molecular flexibility index (Phi) is 4.96. The molecular weight excluding hydrogens is 366 g/mol. The van der Waals surface area contributed by atoms with Gasteiger partial charge in [0.1, 0.15) is 0 Å². The second kappa shape index (κ2) is 7.72. The molecule has 1 amide bonds. The average molecular weight is 385 g/mol. The van der Waals surface area contributed by atoms with Crippen LogP contribution in [0.3, 0.4) is 0 Å². The number of aliphatic carboxylic acids is 1. The number of carboxylic acids is 1. The van der Waals surface area contributed by atoms with Crippen LogP contribution in [0.15, 0.2) is 72.8 Å². The first-order valence-corrected chi connectivity index (χ1v) is 9.41. The van der Waals surface area contributed by atoms with E-state index in [0.717, 1.165) is 11.1 Å². The van der Waals surface area contributed by atoms with E-state index in [0.29, 0.717) is 22.3 Å². The lowest BCUT2D eigenvalue weighted by molar-refractivity contribution is -0.137. The molecule has 2 N–H and O–H groups in total. The first-order chi connectivity index (χ1) is 14.1. The first-order valence-electron chi connectivity index (χ1n) is 9.41. The number of carboxylic acid groups (broad SMARTS) is 1. The van der Waals surface area contributed by atoms with Gasteiger partial charge in [0.05, 0.1) is 6.04 Å². The number of ketones is 1. The molecule has 0 saturated heterocycles. The van der Waals surface area contributed by atoms with Crippen molar-refractivity contribution in [2.75, 3.05) is 0 Å². The fraction of sp³-hybridized carbons (Fsp3) is 0.125. The molecule has 5 heteroatoms. The maximum Gasteiger partial charge on any atom is 0.303 e. The fourth-order valence-electron chi connectivity index (χ4n) is 3.78. The highest BCUT2D eigenvalue weighted by Crippen LogP contribution is 2.39. The Hall–Kier alpha value is -3.73. The van der Waals surface area contributed by atoms with E-state index < -0.39 is 12.0 Å². The summed E-state index contributed by atoms with van der Waals surface area (Å²) in [5.74, 6) is -1.33. The van der Waals surface area contributed by atoms with Gasteiger partial charge in [-0.05, 0) is 23.6 Å². The van der Waals surface area contributed by atoms with Gasteiger partial charge in [0.15, 0.2) is 5.78 Å². The van der Waals surface area contributed by atoms with Gasteiger partial charge in [-0.1, -0.05) is 66.7 Å². The summed E-state index contributed by atoms with van der Waals surface area (Å²) in [6.45, 7) is 0. The van der Waals surface area contributed by atoms with Crippen molar-refractivity contribution >= 4 is 17.7 Å². The quantitative estimate of drug-likeness (QED) is 0.520. The van der Waals surface area contributed by atoms with Gasteiger partial charge in [-0.2, -0.15) is 0 Å². The van der Waals surface area contributed by atoms with E-state index in [4.69, 9.17) is 5.11 Å². The minimum atomic E-state index is -0.916. The number of benzene rings is 3. The van der Waals surface area contributed by atoms with Crippen LogP contribution in [0.4, 0.5) is 0 Å². The molecule has 0 aliphatic heterocycles. The number of hydrogen-bond donors (Lipinski definition) is 2. The van der Waals surface area contributed by atoms with Crippen molar-refractivity contribution in [1.82, 2.24) is 5.32 Å². The molecule has 3 aromatic rings. The van der Waals surface area contributed by atoms with Crippen molar-refractivity contribution in [1.29, 1.82) is 0 Å². The van der Waals surface area contributed by atoms with E-state index in [1.54, 1.807) is 30.3 Å². The lowest BCUT2D eigenvalue weighted by Crippen LogP contribution is -2.29. The maximum absolute atomic E-state index is 13.2. The SMILES string of the molecule is O=C(O)CCC(NC(=O)c1cccc2c1-c1ccccc1C2=O)c1ccccc1. The monoisotopic (exact) mass is 385 g/mol. The number of rotatable bonds is 6. The molecule has 1 aliphatic rings. The molecule has 144 valence electrons. The van der Waals surface area contributed by atoms with Crippen LogP contribution in [-0.4, -0.2) is 22.8 Å². The van der Waals surface area contributed by atoms with Gasteiger partial charge < -0.3 is 10.4 Å². The summed E-state index contributed by atoms with van der Waals surface area (Å²) in [5.41, 5.74) is 3.74. The molecular formula is C24H19NO4. The molecule has 0 saturated carbocycles. The van der Waals surface area contributed by atoms with Crippen LogP contribution in [0.25, 0.3) is 11.1 Å². The zero-order chi connectivity index (χ0) is 20.4. The second-order valence-corrected chi connectivity index (χ2v) is 6.97. The van der Waals surface area contributed by atoms with Crippen LogP contribution < -0.4 is 5.32 Å². The lowest BCUT2D eigenvalue weighted by Gasteiger charge is -2.19. The minimum Gasteiger partial charge on any atom is -0.481 e. The number of nitrogens with one attached hydrogen (secondary N) is 1. The van der Waals surface area contributed by atoms with Crippen LogP contribution in [-0.2, 0) is 4.79 Å². The van der Waals surface area contributed by atoms with Crippen LogP contribution in [0.2, 0.25) is 0 Å². The molecule has 0 fully saturated rings. The molecule has 5 nitrogen and oxygen atoms in total. The molecule has 1 unspecified atom stereocenters. The third-order valence-electron chi connectivity index (χ3n) is 5.15. The smallest absolute Gasteiger partial charge is 0.303 e. The highest BCUT2D eigenvalue weighted by molar-refractivity contribution is 6.24. The first kappa shape index (κ1) is 18.6. The van der Waals surface area contributed by atoms with E-state index in [1.165, 1.54) is 0 Å². The van der Waals surface area contributed by atoms with E-state index in [-0.39, 0.29) is 24.5 Å². The van der Waals surface area contributed by atoms with Crippen LogP contribution in [0.1, 0.15) is 50.7 Å². The highest BCUT2D eigenvalue weighted by atomic mass is 16.4. The standard InChI is InChI=1S/C24H19NO4/c26-21(27)14-13-20(15-7-2-1-3-8-15)25-24(29)19-12-6-11-18-22(19)16-9-4-5-10-17(16)23(18)28/h1-12,20H,13-14H2,(H,25,29)(H,26,27). The molecule has 0 radical (unpaired) electrons. The van der Waals surface area contributed by atoms with Crippen LogP contribution in [0, 0.1) is 0 Å². The van der Waals surface area contributed by atoms with Gasteiger partial charge in [0.2, 0.25) is 0 Å². The third-order valence-corrected chi connectivity index (χ3v) is 5.15. The normalized spacial score (nSPS) is 12.8. The summed E-state index contributed by atoms with van der Waals surface area (Å²) in [6, 6.07) is 21.2. The second-order valence-electron chi connectivity index (χ2n) is 6.97. The summed E-state index contributed by atoms with van der Waals surface area (Å²) in [4.78, 5) is 36.9. The molecule has 1 aliphatic carbocycles. The summed E-state index contributed by atoms with van der Waals surface area (Å²) >= 11 is 0. The van der Waals surface area contributed by atoms with E-state index in [1.807, 2.05) is 42.5 Å². The van der Waals surface area contributed by atoms with Gasteiger partial charge in [0.25, 0.3) is 5.91 Å². The molecule has 1 atom stereocenters. The maximum atomic E-state index is 13.2. The van der Waals surface area contributed by atoms with E-state index in [9.17, 15) is 14.4 Å². The van der Waals surface area contributed by atoms with E-state index >= 15 is 0 Å². The largest absolute Gasteiger partial charge is 0.481 e. The summed E-state index contributed by atoms with van der Waals surface area (Å²) in [7, 11) is 0. The zero-order valence-corrected chi connectivity index (χ0v) is 15.6. The number of hydrogen-bond acceptors (Lipinski definition) is 3. The van der Waals surface area contributed by atoms with Crippen LogP contribution >= 0.6 is 0 Å². The molecule has 0 heterocycles. The third kappa shape index (κ3) is 3.55. The number of fused-ring (bicyclic) bond motifs is 3. The highest BCUT2D eigenvalue weighted by Gasteiger charge is 2.30. The molecule has 0 bridgehead atoms. The molecule has 29 heavy (non-hydrogen) atoms. The van der Waals surface area contributed by atoms with Crippen molar-refractivity contribution in [2.24, 2.45) is 0 Å². The van der Waals surface area contributed by atoms with Gasteiger partial charge in [-0.25, -0.2) is 0 Å². The zero-order valence-electron chi connectivity index (χ0n) is 15.6. The van der Waals surface area contributed by atoms with Gasteiger partial charge in [-0.15, -0.1) is 0 Å². The Morgan fingerprint density at radius 2 is 1.48 bits per heavy atom. The van der Waals surface area contributed by atoms with Crippen molar-refractivity contribution in [3.8, 4) is 11.1 Å². The van der Waals surface area contributed by atoms with Crippen LogP contribution in [0.5, 0.6) is 0 Å². The summed E-state index contributed by atoms with van der Waals surface area (Å²) in [5, 5.41) is 12.0. The minimum absolute atomic E-state index is 0.0615. The van der Waals surface area contributed by atoms with Crippen molar-refractivity contribution in [3.63, 3.8) is 0 Å². The van der Waals surface area contributed by atoms with Gasteiger partial charge >= 0.3 is 5.97 Å². The van der Waals surface area contributed by atoms with Crippen molar-refractivity contribution in [2.45, 2.75) is 18.9 Å². The molecule has 3 aromatic carbocycles. The van der Waals surface area contributed by atoms with Crippen molar-refractivity contribution in [3.05, 3.63) is 95.1 Å². The Bertz CT molecular complexity index is 1100. The van der Waals surface area contributed by atoms with Crippen molar-refractivity contribution < 1.29 is 19.5 Å². The molecule has 0 spiro atoms. The Labute approximate surface area is 168 Å². The number of carbonyl (C=O) groups is 3.